The highest BCUT2D eigenvalue weighted by Gasteiger charge is 2.23. The van der Waals surface area contributed by atoms with Gasteiger partial charge in [0.1, 0.15) is 0 Å². The highest BCUT2D eigenvalue weighted by molar-refractivity contribution is 6.31. The fourth-order valence-electron chi connectivity index (χ4n) is 1.09. The number of hydrogen-bond donors (Lipinski definition) is 2. The summed E-state index contributed by atoms with van der Waals surface area (Å²) in [7, 11) is 0. The Balaban J connectivity index is 2.55. The summed E-state index contributed by atoms with van der Waals surface area (Å²) in [5.41, 5.74) is 9.08. The molecular formula is C12H17ClN2O2. The molecule has 1 aromatic rings. The molecule has 1 aromatic carbocycles. The lowest BCUT2D eigenvalue weighted by Gasteiger charge is -2.16. The largest absolute Gasteiger partial charge is 0.398 e. The van der Waals surface area contributed by atoms with Crippen LogP contribution in [0.25, 0.3) is 0 Å². The first-order chi connectivity index (χ1) is 7.82. The summed E-state index contributed by atoms with van der Waals surface area (Å²) in [4.78, 5) is 16.4. The van der Waals surface area contributed by atoms with Gasteiger partial charge in [-0.2, -0.15) is 0 Å². The van der Waals surface area contributed by atoms with Crippen molar-refractivity contribution in [1.29, 1.82) is 0 Å². The van der Waals surface area contributed by atoms with Gasteiger partial charge in [0.2, 0.25) is 0 Å². The first-order valence-electron chi connectivity index (χ1n) is 5.29. The topological polar surface area (TPSA) is 64.3 Å². The summed E-state index contributed by atoms with van der Waals surface area (Å²) in [6.45, 7) is 5.62. The van der Waals surface area contributed by atoms with Crippen LogP contribution in [0.2, 0.25) is 5.02 Å². The highest BCUT2D eigenvalue weighted by atomic mass is 35.5. The van der Waals surface area contributed by atoms with E-state index in [9.17, 15) is 4.79 Å². The van der Waals surface area contributed by atoms with Crippen LogP contribution in [-0.4, -0.2) is 5.97 Å². The van der Waals surface area contributed by atoms with E-state index >= 15 is 0 Å². The summed E-state index contributed by atoms with van der Waals surface area (Å²) in [6.07, 6.45) is 0. The number of nitrogens with one attached hydrogen (secondary N) is 1. The van der Waals surface area contributed by atoms with Crippen molar-refractivity contribution in [3.05, 3.63) is 28.8 Å². The Kier molecular flexibility index (Phi) is 4.37. The van der Waals surface area contributed by atoms with E-state index in [1.165, 1.54) is 0 Å². The molecule has 5 heteroatoms. The Hall–Kier alpha value is -1.26. The molecule has 0 unspecified atom stereocenters. The summed E-state index contributed by atoms with van der Waals surface area (Å²) >= 11 is 5.97. The lowest BCUT2D eigenvalue weighted by molar-refractivity contribution is -0.161. The molecule has 94 valence electrons. The van der Waals surface area contributed by atoms with Gasteiger partial charge in [0.25, 0.3) is 0 Å². The number of benzene rings is 1. The van der Waals surface area contributed by atoms with Crippen LogP contribution in [0.4, 0.5) is 5.69 Å². The second kappa shape index (κ2) is 5.38. The van der Waals surface area contributed by atoms with Crippen molar-refractivity contribution in [3.8, 4) is 0 Å². The van der Waals surface area contributed by atoms with Gasteiger partial charge in [-0.3, -0.25) is 0 Å². The molecule has 0 saturated heterocycles. The molecule has 0 aliphatic heterocycles. The van der Waals surface area contributed by atoms with Crippen LogP contribution in [0.5, 0.6) is 0 Å². The Labute approximate surface area is 106 Å². The zero-order chi connectivity index (χ0) is 13.1. The van der Waals surface area contributed by atoms with Crippen LogP contribution in [0, 0.1) is 5.41 Å². The number of halogens is 1. The average molecular weight is 257 g/mol. The van der Waals surface area contributed by atoms with E-state index < -0.39 is 5.41 Å². The molecule has 0 aromatic heterocycles. The van der Waals surface area contributed by atoms with Gasteiger partial charge >= 0.3 is 5.97 Å². The van der Waals surface area contributed by atoms with Crippen LogP contribution >= 0.6 is 11.6 Å². The van der Waals surface area contributed by atoms with Crippen molar-refractivity contribution in [1.82, 2.24) is 5.48 Å². The molecule has 0 fully saturated rings. The minimum atomic E-state index is -0.543. The Morgan fingerprint density at radius 1 is 1.47 bits per heavy atom. The Bertz CT molecular complexity index is 393. The Morgan fingerprint density at radius 2 is 2.12 bits per heavy atom. The Morgan fingerprint density at radius 3 is 2.65 bits per heavy atom. The van der Waals surface area contributed by atoms with E-state index in [-0.39, 0.29) is 12.5 Å². The summed E-state index contributed by atoms with van der Waals surface area (Å²) in [5.74, 6) is -0.330. The van der Waals surface area contributed by atoms with Crippen LogP contribution < -0.4 is 11.2 Å². The third kappa shape index (κ3) is 3.91. The normalized spacial score (nSPS) is 11.3. The molecule has 0 atom stereocenters. The molecule has 0 aliphatic rings. The predicted molar refractivity (Wildman–Crippen MR) is 68.3 cm³/mol. The van der Waals surface area contributed by atoms with Crippen LogP contribution in [0.1, 0.15) is 26.3 Å². The quantitative estimate of drug-likeness (QED) is 0.644. The van der Waals surface area contributed by atoms with Gasteiger partial charge in [-0.15, -0.1) is 5.48 Å². The maximum Gasteiger partial charge on any atom is 0.329 e. The smallest absolute Gasteiger partial charge is 0.329 e. The van der Waals surface area contributed by atoms with Gasteiger partial charge in [-0.25, -0.2) is 4.79 Å². The number of nitrogen functional groups attached to an aromatic ring is 1. The molecule has 0 aliphatic carbocycles. The van der Waals surface area contributed by atoms with Crippen molar-refractivity contribution in [2.24, 2.45) is 5.41 Å². The third-order valence-corrected chi connectivity index (χ3v) is 2.54. The molecule has 0 heterocycles. The number of hydroxylamine groups is 1. The highest BCUT2D eigenvalue weighted by Crippen LogP contribution is 2.21. The van der Waals surface area contributed by atoms with Crippen LogP contribution in [0.15, 0.2) is 18.2 Å². The molecule has 0 radical (unpaired) electrons. The first-order valence-corrected chi connectivity index (χ1v) is 5.67. The molecule has 1 rings (SSSR count). The average Bonchev–Trinajstić information content (AvgIpc) is 2.20. The molecule has 0 spiro atoms. The second-order valence-electron chi connectivity index (χ2n) is 4.77. The first kappa shape index (κ1) is 13.8. The van der Waals surface area contributed by atoms with Crippen molar-refractivity contribution >= 4 is 23.3 Å². The van der Waals surface area contributed by atoms with Crippen molar-refractivity contribution in [3.63, 3.8) is 0 Å². The SMILES string of the molecule is CC(C)(C)C(=O)ONCc1c(N)cccc1Cl. The van der Waals surface area contributed by atoms with Crippen LogP contribution in [0.3, 0.4) is 0 Å². The number of nitrogens with two attached hydrogens (primary N) is 1. The zero-order valence-corrected chi connectivity index (χ0v) is 11.0. The molecule has 17 heavy (non-hydrogen) atoms. The maximum atomic E-state index is 11.5. The van der Waals surface area contributed by atoms with E-state index in [1.807, 2.05) is 0 Å². The van der Waals surface area contributed by atoms with Gasteiger partial charge in [0.05, 0.1) is 12.0 Å². The minimum Gasteiger partial charge on any atom is -0.398 e. The van der Waals surface area contributed by atoms with E-state index in [0.29, 0.717) is 10.7 Å². The van der Waals surface area contributed by atoms with Crippen molar-refractivity contribution in [2.75, 3.05) is 5.73 Å². The van der Waals surface area contributed by atoms with Crippen molar-refractivity contribution < 1.29 is 9.63 Å². The number of carbonyl (C=O) groups is 1. The number of rotatable bonds is 3. The van der Waals surface area contributed by atoms with Crippen molar-refractivity contribution in [2.45, 2.75) is 27.3 Å². The summed E-state index contributed by atoms with van der Waals surface area (Å²) in [5, 5.41) is 0.546. The zero-order valence-electron chi connectivity index (χ0n) is 10.2. The van der Waals surface area contributed by atoms with E-state index in [0.717, 1.165) is 5.56 Å². The monoisotopic (exact) mass is 256 g/mol. The molecule has 4 nitrogen and oxygen atoms in total. The predicted octanol–water partition coefficient (Wildman–Crippen LogP) is 2.52. The van der Waals surface area contributed by atoms with E-state index in [4.69, 9.17) is 22.2 Å². The standard InChI is InChI=1S/C12H17ClN2O2/c1-12(2,3)11(16)17-15-7-8-9(13)5-4-6-10(8)14/h4-6,15H,7,14H2,1-3H3. The maximum absolute atomic E-state index is 11.5. The molecule has 3 N–H and O–H groups in total. The van der Waals surface area contributed by atoms with E-state index in [2.05, 4.69) is 5.48 Å². The fraction of sp³-hybridized carbons (Fsp3) is 0.417. The van der Waals surface area contributed by atoms with Gasteiger partial charge in [-0.1, -0.05) is 17.7 Å². The van der Waals surface area contributed by atoms with Crippen LogP contribution in [-0.2, 0) is 16.2 Å². The molecular weight excluding hydrogens is 240 g/mol. The van der Waals surface area contributed by atoms with Gasteiger partial charge < -0.3 is 10.6 Å². The lowest BCUT2D eigenvalue weighted by Crippen LogP contribution is -2.29. The summed E-state index contributed by atoms with van der Waals surface area (Å²) < 4.78 is 0. The van der Waals surface area contributed by atoms with Gasteiger partial charge in [0, 0.05) is 16.3 Å². The van der Waals surface area contributed by atoms with E-state index in [1.54, 1.807) is 39.0 Å². The fourth-order valence-corrected chi connectivity index (χ4v) is 1.34. The summed E-state index contributed by atoms with van der Waals surface area (Å²) in [6, 6.07) is 5.25. The minimum absolute atomic E-state index is 0.285. The number of anilines is 1. The third-order valence-electron chi connectivity index (χ3n) is 2.18. The second-order valence-corrected chi connectivity index (χ2v) is 5.18. The number of hydrogen-bond acceptors (Lipinski definition) is 4. The molecule has 0 bridgehead atoms. The molecule has 0 amide bonds. The molecule has 0 saturated carbocycles. The van der Waals surface area contributed by atoms with Gasteiger partial charge in [0.15, 0.2) is 0 Å². The van der Waals surface area contributed by atoms with Gasteiger partial charge in [-0.05, 0) is 32.9 Å². The lowest BCUT2D eigenvalue weighted by atomic mass is 9.98. The number of carbonyl (C=O) groups excluding carboxylic acids is 1.